The second kappa shape index (κ2) is 8.59. The molecule has 2 aliphatic heterocycles. The molecule has 0 bridgehead atoms. The fraction of sp³-hybridized carbons (Fsp3) is 0.667. The molecule has 3 rings (SSSR count). The number of carbonyl (C=O) groups excluding carboxylic acids is 1. The van der Waals surface area contributed by atoms with E-state index in [0.717, 1.165) is 18.5 Å². The van der Waals surface area contributed by atoms with Gasteiger partial charge in [0.25, 0.3) is 0 Å². The molecule has 0 aliphatic carbocycles. The van der Waals surface area contributed by atoms with Gasteiger partial charge >= 0.3 is 6.09 Å². The Hall–Kier alpha value is -1.63. The Morgan fingerprint density at radius 2 is 1.67 bits per heavy atom. The van der Waals surface area contributed by atoms with Gasteiger partial charge in [-0.1, -0.05) is 45.9 Å². The molecule has 1 aromatic carbocycles. The van der Waals surface area contributed by atoms with E-state index in [-0.39, 0.29) is 19.1 Å². The highest BCUT2D eigenvalue weighted by Gasteiger charge is 2.56. The number of anilines is 1. The van der Waals surface area contributed by atoms with Crippen LogP contribution in [0.25, 0.3) is 0 Å². The largest absolute Gasteiger partial charge is 0.447 e. The number of ether oxygens (including phenoxy) is 3. The summed E-state index contributed by atoms with van der Waals surface area (Å²) in [6.07, 6.45) is 1.45. The van der Waals surface area contributed by atoms with Crippen LogP contribution in [0.2, 0.25) is 0 Å². The first kappa shape index (κ1) is 20.1. The zero-order valence-corrected chi connectivity index (χ0v) is 16.8. The van der Waals surface area contributed by atoms with Gasteiger partial charge in [-0.2, -0.15) is 0 Å². The van der Waals surface area contributed by atoms with E-state index in [4.69, 9.17) is 14.2 Å². The lowest BCUT2D eigenvalue weighted by atomic mass is 10.00. The normalized spacial score (nSPS) is 27.9. The standard InChI is InChI=1S/C21H32N2O4/c1-15(2)10-18-23-19(11-16(3)4)26-13-21(23,12-25-18)14-27-20(24)22-17-8-6-5-7-9-17/h5-9,15-16,18-19H,10-14H2,1-4H3,(H,22,24). The zero-order chi connectivity index (χ0) is 19.4. The van der Waals surface area contributed by atoms with E-state index in [0.29, 0.717) is 25.0 Å². The molecule has 1 N–H and O–H groups in total. The summed E-state index contributed by atoms with van der Waals surface area (Å²) in [6.45, 7) is 10.1. The fourth-order valence-corrected chi connectivity index (χ4v) is 3.85. The predicted molar refractivity (Wildman–Crippen MR) is 104 cm³/mol. The highest BCUT2D eigenvalue weighted by molar-refractivity contribution is 5.84. The molecule has 2 unspecified atom stereocenters. The Balaban J connectivity index is 1.65. The third-order valence-corrected chi connectivity index (χ3v) is 5.10. The maximum Gasteiger partial charge on any atom is 0.411 e. The van der Waals surface area contributed by atoms with Crippen LogP contribution >= 0.6 is 0 Å². The van der Waals surface area contributed by atoms with Crippen molar-refractivity contribution >= 4 is 11.8 Å². The number of nitrogens with zero attached hydrogens (tertiary/aromatic N) is 1. The highest BCUT2D eigenvalue weighted by Crippen LogP contribution is 2.40. The van der Waals surface area contributed by atoms with E-state index in [2.05, 4.69) is 37.9 Å². The second-order valence-corrected chi connectivity index (χ2v) is 8.49. The van der Waals surface area contributed by atoms with Crippen molar-refractivity contribution in [3.05, 3.63) is 30.3 Å². The lowest BCUT2D eigenvalue weighted by Gasteiger charge is -2.34. The summed E-state index contributed by atoms with van der Waals surface area (Å²) in [5, 5.41) is 2.77. The topological polar surface area (TPSA) is 60.0 Å². The number of hydrogen-bond acceptors (Lipinski definition) is 5. The summed E-state index contributed by atoms with van der Waals surface area (Å²) >= 11 is 0. The number of para-hydroxylation sites is 1. The van der Waals surface area contributed by atoms with Gasteiger partial charge in [0.05, 0.1) is 13.2 Å². The van der Waals surface area contributed by atoms with E-state index in [1.54, 1.807) is 0 Å². The number of amides is 1. The van der Waals surface area contributed by atoms with Crippen molar-refractivity contribution in [2.24, 2.45) is 11.8 Å². The van der Waals surface area contributed by atoms with E-state index < -0.39 is 11.6 Å². The summed E-state index contributed by atoms with van der Waals surface area (Å²) in [7, 11) is 0. The monoisotopic (exact) mass is 376 g/mol. The summed E-state index contributed by atoms with van der Waals surface area (Å²) in [4.78, 5) is 14.6. The van der Waals surface area contributed by atoms with E-state index >= 15 is 0 Å². The summed E-state index contributed by atoms with van der Waals surface area (Å²) in [5.74, 6) is 1.04. The zero-order valence-electron chi connectivity index (χ0n) is 16.8. The summed E-state index contributed by atoms with van der Waals surface area (Å²) in [6, 6.07) is 9.32. The highest BCUT2D eigenvalue weighted by atomic mass is 16.6. The Morgan fingerprint density at radius 1 is 1.11 bits per heavy atom. The van der Waals surface area contributed by atoms with E-state index in [1.807, 2.05) is 30.3 Å². The van der Waals surface area contributed by atoms with Crippen molar-refractivity contribution in [1.29, 1.82) is 0 Å². The van der Waals surface area contributed by atoms with Crippen molar-refractivity contribution in [2.45, 2.75) is 58.5 Å². The molecule has 2 atom stereocenters. The number of fused-ring (bicyclic) bond motifs is 1. The van der Waals surface area contributed by atoms with Crippen LogP contribution < -0.4 is 5.32 Å². The molecular formula is C21H32N2O4. The van der Waals surface area contributed by atoms with Gasteiger partial charge in [-0.25, -0.2) is 9.69 Å². The average molecular weight is 376 g/mol. The van der Waals surface area contributed by atoms with E-state index in [9.17, 15) is 4.79 Å². The van der Waals surface area contributed by atoms with Gasteiger partial charge in [0.15, 0.2) is 0 Å². The summed E-state index contributed by atoms with van der Waals surface area (Å²) in [5.41, 5.74) is 0.324. The molecule has 2 heterocycles. The van der Waals surface area contributed by atoms with Crippen LogP contribution in [0.15, 0.2) is 30.3 Å². The minimum atomic E-state index is -0.449. The van der Waals surface area contributed by atoms with Gasteiger partial charge < -0.3 is 14.2 Å². The first-order valence-corrected chi connectivity index (χ1v) is 9.90. The van der Waals surface area contributed by atoms with Gasteiger partial charge in [-0.15, -0.1) is 0 Å². The summed E-state index contributed by atoms with van der Waals surface area (Å²) < 4.78 is 17.9. The lowest BCUT2D eigenvalue weighted by Crippen LogP contribution is -2.53. The molecule has 0 radical (unpaired) electrons. The fourth-order valence-electron chi connectivity index (χ4n) is 3.85. The number of carbonyl (C=O) groups is 1. The minimum Gasteiger partial charge on any atom is -0.447 e. The van der Waals surface area contributed by atoms with Crippen molar-refractivity contribution < 1.29 is 19.0 Å². The Morgan fingerprint density at radius 3 is 2.19 bits per heavy atom. The van der Waals surface area contributed by atoms with Crippen LogP contribution in [0.3, 0.4) is 0 Å². The molecule has 0 saturated carbocycles. The molecule has 2 saturated heterocycles. The number of benzene rings is 1. The Labute approximate surface area is 162 Å². The average Bonchev–Trinajstić information content (AvgIpc) is 3.13. The van der Waals surface area contributed by atoms with Crippen molar-refractivity contribution in [1.82, 2.24) is 4.90 Å². The van der Waals surface area contributed by atoms with Crippen LogP contribution in [0.1, 0.15) is 40.5 Å². The molecule has 0 spiro atoms. The molecule has 6 heteroatoms. The SMILES string of the molecule is CC(C)CC1OCC2(COC(=O)Nc3ccccc3)COC(CC(C)C)N12. The number of hydrogen-bond donors (Lipinski definition) is 1. The first-order valence-electron chi connectivity index (χ1n) is 9.90. The number of nitrogens with one attached hydrogen (secondary N) is 1. The van der Waals surface area contributed by atoms with Crippen molar-refractivity contribution in [3.8, 4) is 0 Å². The molecule has 150 valence electrons. The van der Waals surface area contributed by atoms with Crippen LogP contribution in [0.4, 0.5) is 10.5 Å². The predicted octanol–water partition coefficient (Wildman–Crippen LogP) is 4.08. The Bertz CT molecular complexity index is 598. The molecule has 6 nitrogen and oxygen atoms in total. The van der Waals surface area contributed by atoms with Crippen molar-refractivity contribution in [3.63, 3.8) is 0 Å². The van der Waals surface area contributed by atoms with Gasteiger partial charge in [-0.3, -0.25) is 5.32 Å². The van der Waals surface area contributed by atoms with Crippen LogP contribution in [-0.4, -0.2) is 48.8 Å². The molecule has 27 heavy (non-hydrogen) atoms. The maximum atomic E-state index is 12.2. The quantitative estimate of drug-likeness (QED) is 0.777. The van der Waals surface area contributed by atoms with Gasteiger partial charge in [0.2, 0.25) is 0 Å². The van der Waals surface area contributed by atoms with E-state index in [1.165, 1.54) is 0 Å². The van der Waals surface area contributed by atoms with Crippen LogP contribution in [-0.2, 0) is 14.2 Å². The molecule has 0 aromatic heterocycles. The maximum absolute atomic E-state index is 12.2. The van der Waals surface area contributed by atoms with Crippen LogP contribution in [0.5, 0.6) is 0 Å². The molecule has 1 aromatic rings. The molecule has 2 aliphatic rings. The van der Waals surface area contributed by atoms with Gasteiger partial charge in [0.1, 0.15) is 24.6 Å². The first-order chi connectivity index (χ1) is 12.9. The smallest absolute Gasteiger partial charge is 0.411 e. The molecule has 1 amide bonds. The van der Waals surface area contributed by atoms with Gasteiger partial charge in [-0.05, 0) is 36.8 Å². The lowest BCUT2D eigenvalue weighted by molar-refractivity contribution is -0.0736. The molecular weight excluding hydrogens is 344 g/mol. The van der Waals surface area contributed by atoms with Crippen molar-refractivity contribution in [2.75, 3.05) is 25.1 Å². The minimum absolute atomic E-state index is 0.0111. The third kappa shape index (κ3) is 4.81. The van der Waals surface area contributed by atoms with Gasteiger partial charge in [0, 0.05) is 5.69 Å². The second-order valence-electron chi connectivity index (χ2n) is 8.49. The number of rotatable bonds is 7. The molecule has 2 fully saturated rings. The van der Waals surface area contributed by atoms with Crippen LogP contribution in [0, 0.1) is 11.8 Å². The third-order valence-electron chi connectivity index (χ3n) is 5.10. The Kier molecular flexibility index (Phi) is 6.40.